The van der Waals surface area contributed by atoms with Crippen LogP contribution < -0.4 is 10.1 Å². The maximum atomic E-state index is 13.5. The lowest BCUT2D eigenvalue weighted by Gasteiger charge is -2.23. The largest absolute Gasteiger partial charge is 0.494 e. The molecule has 3 aromatic rings. The number of aromatic nitrogens is 1. The molecular weight excluding hydrogens is 368 g/mol. The molecule has 152 valence electrons. The van der Waals surface area contributed by atoms with Crippen LogP contribution in [-0.2, 0) is 11.2 Å². The van der Waals surface area contributed by atoms with Gasteiger partial charge in [0.2, 0.25) is 5.78 Å². The molecule has 0 radical (unpaired) electrons. The summed E-state index contributed by atoms with van der Waals surface area (Å²) in [5, 5.41) is 2.75. The Morgan fingerprint density at radius 2 is 1.76 bits per heavy atom. The van der Waals surface area contributed by atoms with Crippen molar-refractivity contribution in [1.29, 1.82) is 0 Å². The summed E-state index contributed by atoms with van der Waals surface area (Å²) in [6.07, 6.45) is 1.51. The zero-order valence-corrected chi connectivity index (χ0v) is 17.1. The fraction of sp³-hybridized carbons (Fsp3) is 0.304. The second-order valence-electron chi connectivity index (χ2n) is 7.81. The Morgan fingerprint density at radius 3 is 2.41 bits per heavy atom. The summed E-state index contributed by atoms with van der Waals surface area (Å²) in [5.41, 5.74) is 1.49. The standard InChI is InChI=1S/C23H26N2O4/c1-23(2,3)29-22(27)24-18(14-16-10-6-5-7-11-16)21(26)20-19(28-4)15-17-12-8-9-13-25(17)20/h5-13,15,18H,14H2,1-4H3,(H,24,27)/t18-/m0/s1. The van der Waals surface area contributed by atoms with Crippen molar-refractivity contribution in [3.63, 3.8) is 0 Å². The van der Waals surface area contributed by atoms with Gasteiger partial charge >= 0.3 is 6.09 Å². The zero-order chi connectivity index (χ0) is 21.0. The maximum Gasteiger partial charge on any atom is 0.408 e. The molecule has 2 aromatic heterocycles. The molecule has 1 aromatic carbocycles. The van der Waals surface area contributed by atoms with E-state index in [1.54, 1.807) is 37.4 Å². The van der Waals surface area contributed by atoms with Crippen molar-refractivity contribution in [2.75, 3.05) is 7.11 Å². The first kappa shape index (κ1) is 20.5. The van der Waals surface area contributed by atoms with E-state index in [0.717, 1.165) is 11.1 Å². The van der Waals surface area contributed by atoms with Crippen molar-refractivity contribution in [3.05, 3.63) is 72.1 Å². The number of benzene rings is 1. The predicted molar refractivity (Wildman–Crippen MR) is 112 cm³/mol. The zero-order valence-electron chi connectivity index (χ0n) is 17.1. The summed E-state index contributed by atoms with van der Waals surface area (Å²) >= 11 is 0. The molecule has 3 rings (SSSR count). The molecule has 0 aliphatic carbocycles. The van der Waals surface area contributed by atoms with E-state index in [1.165, 1.54) is 7.11 Å². The number of pyridine rings is 1. The Labute approximate surface area is 170 Å². The molecule has 1 amide bonds. The quantitative estimate of drug-likeness (QED) is 0.634. The second-order valence-corrected chi connectivity index (χ2v) is 7.81. The minimum absolute atomic E-state index is 0.247. The van der Waals surface area contributed by atoms with Gasteiger partial charge in [-0.25, -0.2) is 4.79 Å². The van der Waals surface area contributed by atoms with E-state index < -0.39 is 17.7 Å². The Kier molecular flexibility index (Phi) is 5.92. The Morgan fingerprint density at radius 1 is 1.07 bits per heavy atom. The van der Waals surface area contributed by atoms with E-state index in [4.69, 9.17) is 9.47 Å². The molecule has 2 heterocycles. The van der Waals surface area contributed by atoms with Crippen LogP contribution in [0.5, 0.6) is 5.75 Å². The normalized spacial score (nSPS) is 12.4. The van der Waals surface area contributed by atoms with Gasteiger partial charge in [-0.1, -0.05) is 36.4 Å². The minimum atomic E-state index is -0.806. The second kappa shape index (κ2) is 8.39. The van der Waals surface area contributed by atoms with Crippen LogP contribution >= 0.6 is 0 Å². The lowest BCUT2D eigenvalue weighted by atomic mass is 10.0. The summed E-state index contributed by atoms with van der Waals surface area (Å²) in [6, 6.07) is 16.2. The monoisotopic (exact) mass is 394 g/mol. The van der Waals surface area contributed by atoms with Gasteiger partial charge in [-0.15, -0.1) is 0 Å². The molecule has 0 saturated carbocycles. The molecule has 0 aliphatic heterocycles. The van der Waals surface area contributed by atoms with Crippen LogP contribution in [0.3, 0.4) is 0 Å². The number of alkyl carbamates (subject to hydrolysis) is 1. The molecule has 1 N–H and O–H groups in total. The third-order valence-corrected chi connectivity index (χ3v) is 4.39. The molecule has 0 spiro atoms. The van der Waals surface area contributed by atoms with Gasteiger partial charge in [-0.05, 0) is 38.5 Å². The van der Waals surface area contributed by atoms with Crippen molar-refractivity contribution in [3.8, 4) is 5.75 Å². The van der Waals surface area contributed by atoms with Gasteiger partial charge in [0.15, 0.2) is 0 Å². The van der Waals surface area contributed by atoms with Crippen molar-refractivity contribution in [2.45, 2.75) is 38.8 Å². The molecule has 0 unspecified atom stereocenters. The molecule has 0 fully saturated rings. The number of ether oxygens (including phenoxy) is 2. The number of nitrogens with one attached hydrogen (secondary N) is 1. The molecule has 29 heavy (non-hydrogen) atoms. The summed E-state index contributed by atoms with van der Waals surface area (Å²) < 4.78 is 12.6. The lowest BCUT2D eigenvalue weighted by Crippen LogP contribution is -2.45. The summed E-state index contributed by atoms with van der Waals surface area (Å²) in [7, 11) is 1.53. The minimum Gasteiger partial charge on any atom is -0.494 e. The summed E-state index contributed by atoms with van der Waals surface area (Å²) in [4.78, 5) is 26.0. The first-order valence-corrected chi connectivity index (χ1v) is 9.50. The van der Waals surface area contributed by atoms with E-state index in [-0.39, 0.29) is 5.78 Å². The fourth-order valence-corrected chi connectivity index (χ4v) is 3.17. The van der Waals surface area contributed by atoms with Gasteiger partial charge in [0.25, 0.3) is 0 Å². The highest BCUT2D eigenvalue weighted by molar-refractivity contribution is 6.03. The van der Waals surface area contributed by atoms with Gasteiger partial charge in [0.05, 0.1) is 7.11 Å². The number of ketones is 1. The van der Waals surface area contributed by atoms with Crippen molar-refractivity contribution < 1.29 is 19.1 Å². The number of amides is 1. The van der Waals surface area contributed by atoms with Gasteiger partial charge in [0, 0.05) is 24.2 Å². The van der Waals surface area contributed by atoms with E-state index in [2.05, 4.69) is 5.32 Å². The molecule has 0 saturated heterocycles. The van der Waals surface area contributed by atoms with Crippen LogP contribution in [0.4, 0.5) is 4.79 Å². The number of hydrogen-bond acceptors (Lipinski definition) is 4. The summed E-state index contributed by atoms with van der Waals surface area (Å²) in [6.45, 7) is 5.35. The first-order valence-electron chi connectivity index (χ1n) is 9.50. The van der Waals surface area contributed by atoms with E-state index in [1.807, 2.05) is 48.5 Å². The van der Waals surface area contributed by atoms with Crippen LogP contribution in [0.25, 0.3) is 5.52 Å². The first-order chi connectivity index (χ1) is 13.8. The lowest BCUT2D eigenvalue weighted by molar-refractivity contribution is 0.0490. The van der Waals surface area contributed by atoms with Crippen molar-refractivity contribution >= 4 is 17.4 Å². The highest BCUT2D eigenvalue weighted by Crippen LogP contribution is 2.26. The van der Waals surface area contributed by atoms with Crippen molar-refractivity contribution in [1.82, 2.24) is 9.72 Å². The third-order valence-electron chi connectivity index (χ3n) is 4.39. The number of fused-ring (bicyclic) bond motifs is 1. The van der Waals surface area contributed by atoms with E-state index >= 15 is 0 Å². The maximum absolute atomic E-state index is 13.5. The SMILES string of the molecule is COc1cc2ccccn2c1C(=O)[C@H](Cc1ccccc1)NC(=O)OC(C)(C)C. The molecule has 0 aliphatic rings. The Hall–Kier alpha value is -3.28. The predicted octanol–water partition coefficient (Wildman–Crippen LogP) is 4.27. The van der Waals surface area contributed by atoms with Crippen LogP contribution in [0.2, 0.25) is 0 Å². The van der Waals surface area contributed by atoms with Gasteiger partial charge in [-0.3, -0.25) is 4.79 Å². The fourth-order valence-electron chi connectivity index (χ4n) is 3.17. The number of Topliss-reactive ketones (excluding diaryl/α,β-unsaturated/α-hetero) is 1. The average molecular weight is 394 g/mol. The number of carbonyl (C=O) groups excluding carboxylic acids is 2. The highest BCUT2D eigenvalue weighted by atomic mass is 16.6. The number of rotatable bonds is 6. The number of hydrogen-bond donors (Lipinski definition) is 1. The topological polar surface area (TPSA) is 69.0 Å². The van der Waals surface area contributed by atoms with Gasteiger partial charge in [0.1, 0.15) is 23.1 Å². The van der Waals surface area contributed by atoms with Crippen LogP contribution in [0, 0.1) is 0 Å². The van der Waals surface area contributed by atoms with Crippen molar-refractivity contribution in [2.24, 2.45) is 0 Å². The third kappa shape index (κ3) is 4.96. The van der Waals surface area contributed by atoms with Gasteiger partial charge in [-0.2, -0.15) is 0 Å². The number of nitrogens with zero attached hydrogens (tertiary/aromatic N) is 1. The molecule has 6 nitrogen and oxygen atoms in total. The van der Waals surface area contributed by atoms with E-state index in [0.29, 0.717) is 17.9 Å². The highest BCUT2D eigenvalue weighted by Gasteiger charge is 2.29. The molecule has 1 atom stereocenters. The number of methoxy groups -OCH3 is 1. The van der Waals surface area contributed by atoms with Gasteiger partial charge < -0.3 is 19.2 Å². The van der Waals surface area contributed by atoms with Crippen LogP contribution in [0.1, 0.15) is 36.8 Å². The Balaban J connectivity index is 1.97. The summed E-state index contributed by atoms with van der Waals surface area (Å²) in [5.74, 6) is 0.216. The molecule has 0 bridgehead atoms. The Bertz CT molecular complexity index is 1000. The number of carbonyl (C=O) groups is 2. The molecular formula is C23H26N2O4. The van der Waals surface area contributed by atoms with E-state index in [9.17, 15) is 9.59 Å². The smallest absolute Gasteiger partial charge is 0.408 e. The molecule has 6 heteroatoms. The van der Waals surface area contributed by atoms with Crippen LogP contribution in [0.15, 0.2) is 60.8 Å². The average Bonchev–Trinajstić information content (AvgIpc) is 3.05. The van der Waals surface area contributed by atoms with Crippen LogP contribution in [-0.4, -0.2) is 35.0 Å².